The lowest BCUT2D eigenvalue weighted by atomic mass is 10.1. The maximum atomic E-state index is 13.8. The number of carbonyl (C=O) groups excluding carboxylic acids is 2. The number of benzene rings is 3. The predicted octanol–water partition coefficient (Wildman–Crippen LogP) is 7.51. The van der Waals surface area contributed by atoms with E-state index in [1.165, 1.54) is 30.0 Å². The van der Waals surface area contributed by atoms with Crippen molar-refractivity contribution in [1.29, 1.82) is 0 Å². The molecule has 1 unspecified atom stereocenters. The smallest absolute Gasteiger partial charge is 0.338 e. The number of rotatable bonds is 7. The van der Waals surface area contributed by atoms with E-state index < -0.39 is 45.0 Å². The number of carboxylic acid groups (broad SMARTS) is 1. The first kappa shape index (κ1) is 27.1. The SMILES string of the molecule is CC(Sc1cccc(NC(=O)c2c(Cl)c(Cl)c(Cl)c(Cl)c2C(=O)O)c1)C(=O)Nc1ccccc1F. The Labute approximate surface area is 223 Å². The number of amides is 2. The molecule has 0 radical (unpaired) electrons. The maximum Gasteiger partial charge on any atom is 0.338 e. The molecule has 0 spiro atoms. The Kier molecular flexibility index (Phi) is 8.90. The van der Waals surface area contributed by atoms with Gasteiger partial charge < -0.3 is 15.7 Å². The summed E-state index contributed by atoms with van der Waals surface area (Å²) in [6.07, 6.45) is 0. The van der Waals surface area contributed by atoms with Crippen LogP contribution in [-0.2, 0) is 4.79 Å². The van der Waals surface area contributed by atoms with E-state index >= 15 is 0 Å². The molecule has 182 valence electrons. The third-order valence-electron chi connectivity index (χ3n) is 4.61. The van der Waals surface area contributed by atoms with E-state index in [1.807, 2.05) is 0 Å². The van der Waals surface area contributed by atoms with Gasteiger partial charge in [0.2, 0.25) is 5.91 Å². The zero-order chi connectivity index (χ0) is 25.9. The predicted molar refractivity (Wildman–Crippen MR) is 138 cm³/mol. The van der Waals surface area contributed by atoms with Gasteiger partial charge in [0.1, 0.15) is 5.82 Å². The third-order valence-corrected chi connectivity index (χ3v) is 7.51. The van der Waals surface area contributed by atoms with E-state index in [-0.39, 0.29) is 26.4 Å². The second kappa shape index (κ2) is 11.5. The molecule has 0 bridgehead atoms. The summed E-state index contributed by atoms with van der Waals surface area (Å²) in [6.45, 7) is 1.64. The summed E-state index contributed by atoms with van der Waals surface area (Å²) in [5.41, 5.74) is -0.685. The molecule has 0 fully saturated rings. The van der Waals surface area contributed by atoms with Crippen molar-refractivity contribution in [3.63, 3.8) is 0 Å². The van der Waals surface area contributed by atoms with E-state index in [0.717, 1.165) is 0 Å². The van der Waals surface area contributed by atoms with E-state index in [0.29, 0.717) is 4.90 Å². The van der Waals surface area contributed by atoms with E-state index in [2.05, 4.69) is 10.6 Å². The number of para-hydroxylation sites is 1. The molecule has 0 saturated heterocycles. The highest BCUT2D eigenvalue weighted by molar-refractivity contribution is 8.00. The van der Waals surface area contributed by atoms with Crippen LogP contribution in [0.3, 0.4) is 0 Å². The van der Waals surface area contributed by atoms with Crippen LogP contribution in [-0.4, -0.2) is 28.1 Å². The molecule has 0 heterocycles. The van der Waals surface area contributed by atoms with Gasteiger partial charge in [-0.2, -0.15) is 0 Å². The van der Waals surface area contributed by atoms with E-state index in [1.54, 1.807) is 37.3 Å². The standard InChI is InChI=1S/C23H15Cl4FN2O4S/c1-10(21(31)30-14-8-3-2-7-13(14)28)35-12-6-4-5-11(9-12)29-22(32)15-16(23(33)34)18(25)20(27)19(26)17(15)24/h2-10H,1H3,(H,29,32)(H,30,31)(H,33,34). The molecule has 3 aromatic carbocycles. The summed E-state index contributed by atoms with van der Waals surface area (Å²) in [6, 6.07) is 12.3. The zero-order valence-electron chi connectivity index (χ0n) is 17.7. The monoisotopic (exact) mass is 574 g/mol. The number of nitrogens with one attached hydrogen (secondary N) is 2. The molecule has 12 heteroatoms. The van der Waals surface area contributed by atoms with Crippen LogP contribution >= 0.6 is 58.2 Å². The molecule has 0 saturated carbocycles. The summed E-state index contributed by atoms with van der Waals surface area (Å²) in [5.74, 6) is -3.36. The first-order valence-electron chi connectivity index (χ1n) is 9.74. The van der Waals surface area contributed by atoms with Gasteiger partial charge in [0.05, 0.1) is 42.2 Å². The molecule has 0 aliphatic heterocycles. The average molecular weight is 576 g/mol. The van der Waals surface area contributed by atoms with Gasteiger partial charge in [0, 0.05) is 10.6 Å². The zero-order valence-corrected chi connectivity index (χ0v) is 21.5. The van der Waals surface area contributed by atoms with Gasteiger partial charge in [0.25, 0.3) is 5.91 Å². The average Bonchev–Trinajstić information content (AvgIpc) is 2.81. The fourth-order valence-electron chi connectivity index (χ4n) is 2.94. The van der Waals surface area contributed by atoms with Gasteiger partial charge in [-0.1, -0.05) is 64.6 Å². The van der Waals surface area contributed by atoms with Gasteiger partial charge in [-0.15, -0.1) is 11.8 Å². The van der Waals surface area contributed by atoms with E-state index in [4.69, 9.17) is 46.4 Å². The minimum absolute atomic E-state index is 0.0670. The summed E-state index contributed by atoms with van der Waals surface area (Å²) in [5, 5.41) is 12.7. The van der Waals surface area contributed by atoms with Gasteiger partial charge in [-0.3, -0.25) is 9.59 Å². The van der Waals surface area contributed by atoms with Crippen molar-refractivity contribution in [2.45, 2.75) is 17.1 Å². The molecule has 2 amide bonds. The largest absolute Gasteiger partial charge is 0.478 e. The molecule has 0 aromatic heterocycles. The van der Waals surface area contributed by atoms with Crippen LogP contribution in [0.1, 0.15) is 27.6 Å². The number of carbonyl (C=O) groups is 3. The van der Waals surface area contributed by atoms with Crippen LogP contribution in [0, 0.1) is 5.82 Å². The lowest BCUT2D eigenvalue weighted by Gasteiger charge is -2.15. The normalized spacial score (nSPS) is 11.6. The molecule has 1 atom stereocenters. The third kappa shape index (κ3) is 6.20. The first-order valence-corrected chi connectivity index (χ1v) is 12.1. The fraction of sp³-hybridized carbons (Fsp3) is 0.0870. The summed E-state index contributed by atoms with van der Waals surface area (Å²) in [7, 11) is 0. The maximum absolute atomic E-state index is 13.8. The Hall–Kier alpha value is -2.49. The molecule has 0 aliphatic carbocycles. The van der Waals surface area contributed by atoms with Crippen molar-refractivity contribution < 1.29 is 23.9 Å². The minimum Gasteiger partial charge on any atom is -0.478 e. The summed E-state index contributed by atoms with van der Waals surface area (Å²) in [4.78, 5) is 37.7. The Balaban J connectivity index is 1.79. The lowest BCUT2D eigenvalue weighted by Crippen LogP contribution is -2.23. The molecular weight excluding hydrogens is 561 g/mol. The summed E-state index contributed by atoms with van der Waals surface area (Å²) >= 11 is 25.2. The molecule has 35 heavy (non-hydrogen) atoms. The Morgan fingerprint density at radius 3 is 2.14 bits per heavy atom. The highest BCUT2D eigenvalue weighted by Gasteiger charge is 2.29. The second-order valence-electron chi connectivity index (χ2n) is 7.02. The fourth-order valence-corrected chi connectivity index (χ4v) is 4.89. The Morgan fingerprint density at radius 1 is 0.886 bits per heavy atom. The second-order valence-corrected chi connectivity index (χ2v) is 9.95. The summed E-state index contributed by atoms with van der Waals surface area (Å²) < 4.78 is 13.8. The lowest BCUT2D eigenvalue weighted by molar-refractivity contribution is -0.115. The Bertz CT molecular complexity index is 1340. The van der Waals surface area contributed by atoms with Crippen molar-refractivity contribution in [1.82, 2.24) is 0 Å². The van der Waals surface area contributed by atoms with Gasteiger partial charge in [-0.05, 0) is 37.3 Å². The van der Waals surface area contributed by atoms with Crippen LogP contribution in [0.4, 0.5) is 15.8 Å². The molecule has 0 aliphatic rings. The van der Waals surface area contributed by atoms with Crippen molar-refractivity contribution in [3.05, 3.63) is 85.6 Å². The van der Waals surface area contributed by atoms with Crippen molar-refractivity contribution in [2.75, 3.05) is 10.6 Å². The number of aromatic carboxylic acids is 1. The molecule has 6 nitrogen and oxygen atoms in total. The van der Waals surface area contributed by atoms with Crippen molar-refractivity contribution in [3.8, 4) is 0 Å². The first-order chi connectivity index (χ1) is 16.5. The minimum atomic E-state index is -1.51. The number of anilines is 2. The highest BCUT2D eigenvalue weighted by Crippen LogP contribution is 2.42. The van der Waals surface area contributed by atoms with Gasteiger partial charge in [-0.25, -0.2) is 9.18 Å². The number of halogens is 5. The van der Waals surface area contributed by atoms with Gasteiger partial charge in [0.15, 0.2) is 0 Å². The number of hydrogen-bond donors (Lipinski definition) is 3. The number of hydrogen-bond acceptors (Lipinski definition) is 4. The highest BCUT2D eigenvalue weighted by atomic mass is 35.5. The van der Waals surface area contributed by atoms with Crippen LogP contribution in [0.2, 0.25) is 20.1 Å². The van der Waals surface area contributed by atoms with Crippen LogP contribution in [0.15, 0.2) is 53.4 Å². The van der Waals surface area contributed by atoms with Crippen LogP contribution in [0.25, 0.3) is 0 Å². The quantitative estimate of drug-likeness (QED) is 0.154. The molecule has 3 aromatic rings. The Morgan fingerprint density at radius 2 is 1.51 bits per heavy atom. The van der Waals surface area contributed by atoms with Crippen LogP contribution in [0.5, 0.6) is 0 Å². The molecule has 3 rings (SSSR count). The van der Waals surface area contributed by atoms with Crippen molar-refractivity contribution >= 4 is 87.3 Å². The number of carboxylic acids is 1. The topological polar surface area (TPSA) is 95.5 Å². The molecule has 3 N–H and O–H groups in total. The molecular formula is C23H15Cl4FN2O4S. The van der Waals surface area contributed by atoms with Crippen molar-refractivity contribution in [2.24, 2.45) is 0 Å². The van der Waals surface area contributed by atoms with Gasteiger partial charge >= 0.3 is 5.97 Å². The van der Waals surface area contributed by atoms with Crippen LogP contribution < -0.4 is 10.6 Å². The van der Waals surface area contributed by atoms with E-state index in [9.17, 15) is 23.9 Å². The number of thioether (sulfide) groups is 1.